The number of aliphatic hydroxyl groups excluding tert-OH is 1. The lowest BCUT2D eigenvalue weighted by atomic mass is 9.97. The maximum Gasteiger partial charge on any atom is 0.251 e. The van der Waals surface area contributed by atoms with Gasteiger partial charge in [-0.05, 0) is 49.5 Å². The molecule has 1 aliphatic heterocycles. The number of rotatable bonds is 6. The summed E-state index contributed by atoms with van der Waals surface area (Å²) in [6.45, 7) is 3.73. The largest absolute Gasteiger partial charge is 0.396 e. The number of hydrogen-bond acceptors (Lipinski definition) is 4. The lowest BCUT2D eigenvalue weighted by Crippen LogP contribution is -2.34. The maximum absolute atomic E-state index is 12.2. The summed E-state index contributed by atoms with van der Waals surface area (Å²) >= 11 is 0. The normalized spacial score (nSPS) is 16.1. The van der Waals surface area contributed by atoms with E-state index in [0.717, 1.165) is 38.0 Å². The Hall–Kier alpha value is -2.18. The molecule has 3 rings (SSSR count). The minimum atomic E-state index is -0.0702. The van der Waals surface area contributed by atoms with E-state index in [0.29, 0.717) is 24.6 Å². The zero-order valence-corrected chi connectivity index (χ0v) is 14.7. The van der Waals surface area contributed by atoms with Crippen LogP contribution in [0.15, 0.2) is 36.7 Å². The Morgan fingerprint density at radius 3 is 2.56 bits per heavy atom. The van der Waals surface area contributed by atoms with Gasteiger partial charge in [0.1, 0.15) is 0 Å². The molecule has 1 amide bonds. The molecule has 2 N–H and O–H groups in total. The van der Waals surface area contributed by atoms with Crippen LogP contribution in [0.2, 0.25) is 0 Å². The zero-order valence-electron chi connectivity index (χ0n) is 14.7. The summed E-state index contributed by atoms with van der Waals surface area (Å²) in [5.41, 5.74) is 2.87. The predicted octanol–water partition coefficient (Wildman–Crippen LogP) is 1.55. The van der Waals surface area contributed by atoms with Crippen LogP contribution in [0, 0.1) is 5.92 Å². The van der Waals surface area contributed by atoms with Crippen molar-refractivity contribution in [3.05, 3.63) is 53.3 Å². The van der Waals surface area contributed by atoms with Crippen molar-refractivity contribution in [3.63, 3.8) is 0 Å². The number of carbonyl (C=O) groups excluding carboxylic acids is 1. The fourth-order valence-electron chi connectivity index (χ4n) is 3.19. The van der Waals surface area contributed by atoms with Gasteiger partial charge in [-0.3, -0.25) is 14.4 Å². The van der Waals surface area contributed by atoms with Crippen molar-refractivity contribution in [1.29, 1.82) is 0 Å². The topological polar surface area (TPSA) is 70.4 Å². The second-order valence-electron chi connectivity index (χ2n) is 6.80. The van der Waals surface area contributed by atoms with Crippen LogP contribution in [-0.2, 0) is 20.1 Å². The fourth-order valence-corrected chi connectivity index (χ4v) is 3.19. The summed E-state index contributed by atoms with van der Waals surface area (Å²) in [5, 5.41) is 16.2. The number of aromatic nitrogens is 2. The van der Waals surface area contributed by atoms with E-state index in [1.807, 2.05) is 37.5 Å². The van der Waals surface area contributed by atoms with E-state index in [4.69, 9.17) is 0 Å². The first-order chi connectivity index (χ1) is 12.1. The number of amides is 1. The van der Waals surface area contributed by atoms with Gasteiger partial charge in [-0.25, -0.2) is 0 Å². The first kappa shape index (κ1) is 17.6. The van der Waals surface area contributed by atoms with Gasteiger partial charge in [0.05, 0.1) is 6.20 Å². The molecule has 1 aromatic heterocycles. The van der Waals surface area contributed by atoms with E-state index >= 15 is 0 Å². The molecule has 25 heavy (non-hydrogen) atoms. The van der Waals surface area contributed by atoms with Gasteiger partial charge >= 0.3 is 0 Å². The van der Waals surface area contributed by atoms with Crippen molar-refractivity contribution in [2.24, 2.45) is 13.0 Å². The molecule has 0 aliphatic carbocycles. The molecule has 2 heterocycles. The van der Waals surface area contributed by atoms with E-state index in [1.165, 1.54) is 5.56 Å². The number of likely N-dealkylation sites (tertiary alicyclic amines) is 1. The van der Waals surface area contributed by atoms with Crippen LogP contribution in [0.1, 0.15) is 34.3 Å². The number of piperidine rings is 1. The van der Waals surface area contributed by atoms with E-state index in [9.17, 15) is 9.90 Å². The smallest absolute Gasteiger partial charge is 0.251 e. The summed E-state index contributed by atoms with van der Waals surface area (Å²) < 4.78 is 1.72. The Kier molecular flexibility index (Phi) is 5.83. The molecular weight excluding hydrogens is 316 g/mol. The highest BCUT2D eigenvalue weighted by molar-refractivity contribution is 5.94. The maximum atomic E-state index is 12.2. The van der Waals surface area contributed by atoms with Gasteiger partial charge < -0.3 is 10.4 Å². The van der Waals surface area contributed by atoms with Crippen molar-refractivity contribution in [2.75, 3.05) is 19.7 Å². The molecular formula is C19H26N4O2. The van der Waals surface area contributed by atoms with Crippen LogP contribution in [0.5, 0.6) is 0 Å². The Morgan fingerprint density at radius 1 is 1.24 bits per heavy atom. The molecule has 0 bridgehead atoms. The highest BCUT2D eigenvalue weighted by Gasteiger charge is 2.18. The highest BCUT2D eigenvalue weighted by atomic mass is 16.3. The summed E-state index contributed by atoms with van der Waals surface area (Å²) in [5.74, 6) is 0.390. The second-order valence-corrected chi connectivity index (χ2v) is 6.80. The minimum Gasteiger partial charge on any atom is -0.396 e. The zero-order chi connectivity index (χ0) is 17.6. The standard InChI is InChI=1S/C19H26N4O2/c1-22-12-17(11-21-22)10-20-19(25)18-4-2-15(3-5-18)13-23-8-6-16(14-24)7-9-23/h2-5,11-12,16,24H,6-10,13-14H2,1H3,(H,20,25). The van der Waals surface area contributed by atoms with Gasteiger partial charge in [-0.2, -0.15) is 5.10 Å². The Balaban J connectivity index is 1.49. The number of benzene rings is 1. The Labute approximate surface area is 148 Å². The molecule has 2 aromatic rings. The molecule has 1 fully saturated rings. The van der Waals surface area contributed by atoms with Gasteiger partial charge in [0.25, 0.3) is 5.91 Å². The van der Waals surface area contributed by atoms with Crippen LogP contribution in [0.3, 0.4) is 0 Å². The molecule has 1 aromatic carbocycles. The molecule has 1 aliphatic rings. The molecule has 134 valence electrons. The third kappa shape index (κ3) is 4.90. The average molecular weight is 342 g/mol. The Morgan fingerprint density at radius 2 is 1.96 bits per heavy atom. The highest BCUT2D eigenvalue weighted by Crippen LogP contribution is 2.18. The van der Waals surface area contributed by atoms with Crippen LogP contribution in [0.4, 0.5) is 0 Å². The lowest BCUT2D eigenvalue weighted by Gasteiger charge is -2.31. The lowest BCUT2D eigenvalue weighted by molar-refractivity contribution is 0.0951. The fraction of sp³-hybridized carbons (Fsp3) is 0.474. The molecule has 0 radical (unpaired) electrons. The van der Waals surface area contributed by atoms with Crippen LogP contribution in [-0.4, -0.2) is 45.4 Å². The van der Waals surface area contributed by atoms with Crippen LogP contribution >= 0.6 is 0 Å². The van der Waals surface area contributed by atoms with E-state index in [-0.39, 0.29) is 5.91 Å². The first-order valence-electron chi connectivity index (χ1n) is 8.82. The molecule has 0 unspecified atom stereocenters. The first-order valence-corrected chi connectivity index (χ1v) is 8.82. The van der Waals surface area contributed by atoms with Crippen molar-refractivity contribution in [2.45, 2.75) is 25.9 Å². The number of nitrogens with one attached hydrogen (secondary N) is 1. The van der Waals surface area contributed by atoms with E-state index < -0.39 is 0 Å². The monoisotopic (exact) mass is 342 g/mol. The van der Waals surface area contributed by atoms with E-state index in [2.05, 4.69) is 15.3 Å². The molecule has 1 saturated heterocycles. The summed E-state index contributed by atoms with van der Waals surface area (Å²) in [7, 11) is 1.86. The molecule has 0 spiro atoms. The number of nitrogens with zero attached hydrogens (tertiary/aromatic N) is 3. The summed E-state index contributed by atoms with van der Waals surface area (Å²) in [6.07, 6.45) is 5.77. The second kappa shape index (κ2) is 8.27. The van der Waals surface area contributed by atoms with Crippen molar-refractivity contribution < 1.29 is 9.90 Å². The molecule has 6 nitrogen and oxygen atoms in total. The minimum absolute atomic E-state index is 0.0702. The van der Waals surface area contributed by atoms with E-state index in [1.54, 1.807) is 10.9 Å². The van der Waals surface area contributed by atoms with Crippen molar-refractivity contribution in [1.82, 2.24) is 20.0 Å². The molecule has 0 atom stereocenters. The van der Waals surface area contributed by atoms with Gasteiger partial charge in [-0.1, -0.05) is 12.1 Å². The van der Waals surface area contributed by atoms with Gasteiger partial charge in [0.2, 0.25) is 0 Å². The number of aryl methyl sites for hydroxylation is 1. The summed E-state index contributed by atoms with van der Waals surface area (Å²) in [4.78, 5) is 14.6. The Bertz CT molecular complexity index is 688. The third-order valence-corrected chi connectivity index (χ3v) is 4.80. The molecule has 6 heteroatoms. The number of aliphatic hydroxyl groups is 1. The number of carbonyl (C=O) groups is 1. The van der Waals surface area contributed by atoms with Gasteiger partial charge in [0, 0.05) is 44.1 Å². The molecule has 0 saturated carbocycles. The van der Waals surface area contributed by atoms with Crippen LogP contribution in [0.25, 0.3) is 0 Å². The van der Waals surface area contributed by atoms with Gasteiger partial charge in [-0.15, -0.1) is 0 Å². The summed E-state index contributed by atoms with van der Waals surface area (Å²) in [6, 6.07) is 7.82. The SMILES string of the molecule is Cn1cc(CNC(=O)c2ccc(CN3CCC(CO)CC3)cc2)cn1. The van der Waals surface area contributed by atoms with Crippen molar-refractivity contribution >= 4 is 5.91 Å². The van der Waals surface area contributed by atoms with Crippen LogP contribution < -0.4 is 5.32 Å². The third-order valence-electron chi connectivity index (χ3n) is 4.80. The average Bonchev–Trinajstić information content (AvgIpc) is 3.06. The number of hydrogen-bond donors (Lipinski definition) is 2. The quantitative estimate of drug-likeness (QED) is 0.836. The predicted molar refractivity (Wildman–Crippen MR) is 95.9 cm³/mol. The van der Waals surface area contributed by atoms with Crippen molar-refractivity contribution in [3.8, 4) is 0 Å². The van der Waals surface area contributed by atoms with Gasteiger partial charge in [0.15, 0.2) is 0 Å².